The van der Waals surface area contributed by atoms with Crippen LogP contribution in [0.1, 0.15) is 16.1 Å². The van der Waals surface area contributed by atoms with Crippen molar-refractivity contribution < 1.29 is 9.53 Å². The third kappa shape index (κ3) is 2.89. The molecule has 2 aromatic carbocycles. The van der Waals surface area contributed by atoms with Crippen molar-refractivity contribution in [2.24, 2.45) is 0 Å². The minimum atomic E-state index is -0.127. The number of carbonyl (C=O) groups excluding carboxylic acids is 1. The van der Waals surface area contributed by atoms with Gasteiger partial charge >= 0.3 is 0 Å². The second-order valence-electron chi connectivity index (χ2n) is 4.79. The first-order chi connectivity index (χ1) is 10.3. The molecule has 0 saturated heterocycles. The SMILES string of the molecule is CNC(=O)c1cc2cc(OCc3ccccc3)ccc2[nH]1. The first-order valence-corrected chi connectivity index (χ1v) is 6.78. The molecule has 0 atom stereocenters. The maximum atomic E-state index is 11.6. The molecule has 3 rings (SSSR count). The zero-order valence-corrected chi connectivity index (χ0v) is 11.7. The maximum absolute atomic E-state index is 11.6. The van der Waals surface area contributed by atoms with E-state index in [-0.39, 0.29) is 5.91 Å². The quantitative estimate of drug-likeness (QED) is 0.771. The van der Waals surface area contributed by atoms with Crippen LogP contribution in [0.2, 0.25) is 0 Å². The van der Waals surface area contributed by atoms with Crippen LogP contribution in [0.5, 0.6) is 5.75 Å². The highest BCUT2D eigenvalue weighted by Crippen LogP contribution is 2.22. The first-order valence-electron chi connectivity index (χ1n) is 6.78. The number of benzene rings is 2. The van der Waals surface area contributed by atoms with E-state index in [2.05, 4.69) is 10.3 Å². The summed E-state index contributed by atoms with van der Waals surface area (Å²) in [5, 5.41) is 3.56. The summed E-state index contributed by atoms with van der Waals surface area (Å²) in [6, 6.07) is 17.6. The second kappa shape index (κ2) is 5.71. The van der Waals surface area contributed by atoms with E-state index < -0.39 is 0 Å². The molecule has 1 amide bonds. The lowest BCUT2D eigenvalue weighted by Crippen LogP contribution is -2.17. The van der Waals surface area contributed by atoms with E-state index in [1.54, 1.807) is 7.05 Å². The molecule has 1 heterocycles. The van der Waals surface area contributed by atoms with Gasteiger partial charge in [0.1, 0.15) is 18.1 Å². The fraction of sp³-hybridized carbons (Fsp3) is 0.118. The molecule has 1 aromatic heterocycles. The van der Waals surface area contributed by atoms with Crippen LogP contribution in [-0.4, -0.2) is 17.9 Å². The first kappa shape index (κ1) is 13.2. The van der Waals surface area contributed by atoms with E-state index in [0.717, 1.165) is 22.2 Å². The molecule has 2 N–H and O–H groups in total. The molecule has 0 aliphatic rings. The number of rotatable bonds is 4. The van der Waals surface area contributed by atoms with Gasteiger partial charge in [-0.05, 0) is 29.8 Å². The minimum Gasteiger partial charge on any atom is -0.489 e. The number of aromatic nitrogens is 1. The molecule has 0 radical (unpaired) electrons. The molecule has 0 aliphatic heterocycles. The summed E-state index contributed by atoms with van der Waals surface area (Å²) in [4.78, 5) is 14.7. The van der Waals surface area contributed by atoms with Crippen molar-refractivity contribution in [3.63, 3.8) is 0 Å². The number of H-pyrrole nitrogens is 1. The van der Waals surface area contributed by atoms with Crippen LogP contribution in [0.15, 0.2) is 54.6 Å². The summed E-state index contributed by atoms with van der Waals surface area (Å²) in [7, 11) is 1.61. The Hall–Kier alpha value is -2.75. The lowest BCUT2D eigenvalue weighted by atomic mass is 10.2. The van der Waals surface area contributed by atoms with Crippen molar-refractivity contribution in [3.05, 3.63) is 65.9 Å². The summed E-state index contributed by atoms with van der Waals surface area (Å²) in [6.45, 7) is 0.527. The third-order valence-electron chi connectivity index (χ3n) is 3.31. The van der Waals surface area contributed by atoms with Gasteiger partial charge in [-0.2, -0.15) is 0 Å². The molecule has 0 saturated carbocycles. The van der Waals surface area contributed by atoms with Crippen LogP contribution in [0.4, 0.5) is 0 Å². The van der Waals surface area contributed by atoms with Crippen LogP contribution in [-0.2, 0) is 6.61 Å². The third-order valence-corrected chi connectivity index (χ3v) is 3.31. The maximum Gasteiger partial charge on any atom is 0.267 e. The van der Waals surface area contributed by atoms with Crippen molar-refractivity contribution in [2.45, 2.75) is 6.61 Å². The van der Waals surface area contributed by atoms with Crippen LogP contribution in [0, 0.1) is 0 Å². The highest BCUT2D eigenvalue weighted by atomic mass is 16.5. The smallest absolute Gasteiger partial charge is 0.267 e. The largest absolute Gasteiger partial charge is 0.489 e. The Morgan fingerprint density at radius 1 is 1.14 bits per heavy atom. The van der Waals surface area contributed by atoms with Crippen molar-refractivity contribution >= 4 is 16.8 Å². The van der Waals surface area contributed by atoms with Gasteiger partial charge in [0.15, 0.2) is 0 Å². The second-order valence-corrected chi connectivity index (χ2v) is 4.79. The molecule has 21 heavy (non-hydrogen) atoms. The van der Waals surface area contributed by atoms with E-state index in [1.807, 2.05) is 54.6 Å². The van der Waals surface area contributed by atoms with Gasteiger partial charge in [0.25, 0.3) is 5.91 Å². The summed E-state index contributed by atoms with van der Waals surface area (Å²) < 4.78 is 5.78. The number of amides is 1. The van der Waals surface area contributed by atoms with Crippen molar-refractivity contribution in [1.29, 1.82) is 0 Å². The molecule has 3 aromatic rings. The number of hydrogen-bond acceptors (Lipinski definition) is 2. The van der Waals surface area contributed by atoms with Crippen LogP contribution in [0.3, 0.4) is 0 Å². The highest BCUT2D eigenvalue weighted by molar-refractivity contribution is 5.98. The number of nitrogens with one attached hydrogen (secondary N) is 2. The summed E-state index contributed by atoms with van der Waals surface area (Å²) >= 11 is 0. The predicted molar refractivity (Wildman–Crippen MR) is 82.5 cm³/mol. The molecule has 0 bridgehead atoms. The number of hydrogen-bond donors (Lipinski definition) is 2. The molecular formula is C17H16N2O2. The van der Waals surface area contributed by atoms with E-state index in [9.17, 15) is 4.79 Å². The summed E-state index contributed by atoms with van der Waals surface area (Å²) in [5.74, 6) is 0.659. The van der Waals surface area contributed by atoms with Gasteiger partial charge in [-0.25, -0.2) is 0 Å². The Kier molecular flexibility index (Phi) is 3.60. The zero-order chi connectivity index (χ0) is 14.7. The van der Waals surface area contributed by atoms with Gasteiger partial charge in [-0.1, -0.05) is 30.3 Å². The zero-order valence-electron chi connectivity index (χ0n) is 11.7. The highest BCUT2D eigenvalue weighted by Gasteiger charge is 2.08. The summed E-state index contributed by atoms with van der Waals surface area (Å²) in [6.07, 6.45) is 0. The average Bonchev–Trinajstić information content (AvgIpc) is 2.96. The molecule has 106 valence electrons. The van der Waals surface area contributed by atoms with Gasteiger partial charge in [0.2, 0.25) is 0 Å². The van der Waals surface area contributed by atoms with Crippen molar-refractivity contribution in [1.82, 2.24) is 10.3 Å². The fourth-order valence-corrected chi connectivity index (χ4v) is 2.20. The molecule has 0 spiro atoms. The predicted octanol–water partition coefficient (Wildman–Crippen LogP) is 3.11. The van der Waals surface area contributed by atoms with Crippen LogP contribution >= 0.6 is 0 Å². The lowest BCUT2D eigenvalue weighted by molar-refractivity contribution is 0.0959. The van der Waals surface area contributed by atoms with Crippen LogP contribution in [0.25, 0.3) is 10.9 Å². The Labute approximate surface area is 122 Å². The molecule has 4 heteroatoms. The number of fused-ring (bicyclic) bond motifs is 1. The fourth-order valence-electron chi connectivity index (χ4n) is 2.20. The molecule has 0 aliphatic carbocycles. The standard InChI is InChI=1S/C17H16N2O2/c1-18-17(20)16-10-13-9-14(7-8-15(13)19-16)21-11-12-5-3-2-4-6-12/h2-10,19H,11H2,1H3,(H,18,20). The monoisotopic (exact) mass is 280 g/mol. The average molecular weight is 280 g/mol. The van der Waals surface area contributed by atoms with Crippen molar-refractivity contribution in [3.8, 4) is 5.75 Å². The van der Waals surface area contributed by atoms with Gasteiger partial charge in [0, 0.05) is 18.0 Å². The van der Waals surface area contributed by atoms with Gasteiger partial charge in [-0.3, -0.25) is 4.79 Å². The van der Waals surface area contributed by atoms with E-state index >= 15 is 0 Å². The molecule has 0 unspecified atom stereocenters. The minimum absolute atomic E-state index is 0.127. The van der Waals surface area contributed by atoms with Crippen molar-refractivity contribution in [2.75, 3.05) is 7.05 Å². The summed E-state index contributed by atoms with van der Waals surface area (Å²) in [5.41, 5.74) is 2.59. The van der Waals surface area contributed by atoms with Gasteiger partial charge in [-0.15, -0.1) is 0 Å². The Morgan fingerprint density at radius 2 is 1.95 bits per heavy atom. The van der Waals surface area contributed by atoms with Gasteiger partial charge in [0.05, 0.1) is 0 Å². The Morgan fingerprint density at radius 3 is 2.71 bits per heavy atom. The number of aromatic amines is 1. The van der Waals surface area contributed by atoms with E-state index in [0.29, 0.717) is 12.3 Å². The van der Waals surface area contributed by atoms with E-state index in [4.69, 9.17) is 4.74 Å². The Balaban J connectivity index is 1.79. The number of carbonyl (C=O) groups is 1. The van der Waals surface area contributed by atoms with Gasteiger partial charge < -0.3 is 15.0 Å². The molecular weight excluding hydrogens is 264 g/mol. The number of ether oxygens (including phenoxy) is 1. The lowest BCUT2D eigenvalue weighted by Gasteiger charge is -2.06. The Bertz CT molecular complexity index is 763. The van der Waals surface area contributed by atoms with Crippen LogP contribution < -0.4 is 10.1 Å². The normalized spacial score (nSPS) is 10.5. The topological polar surface area (TPSA) is 54.1 Å². The van der Waals surface area contributed by atoms with E-state index in [1.165, 1.54) is 0 Å². The molecule has 4 nitrogen and oxygen atoms in total. The molecule has 0 fully saturated rings.